The highest BCUT2D eigenvalue weighted by Crippen LogP contribution is 2.25. The van der Waals surface area contributed by atoms with Gasteiger partial charge in [0.1, 0.15) is 17.2 Å². The van der Waals surface area contributed by atoms with Gasteiger partial charge in [0.05, 0.1) is 12.5 Å². The number of hydrogen-bond acceptors (Lipinski definition) is 4. The molecule has 2 atom stereocenters. The number of ketones is 2. The average molecular weight is 544 g/mol. The molecule has 1 amide bonds. The topological polar surface area (TPSA) is 86.5 Å². The van der Waals surface area contributed by atoms with E-state index < -0.39 is 17.5 Å². The maximum absolute atomic E-state index is 14.1. The largest absolute Gasteiger partial charge is 0.494 e. The summed E-state index contributed by atoms with van der Waals surface area (Å²) in [4.78, 5) is 32.2. The predicted octanol–water partition coefficient (Wildman–Crippen LogP) is 8.53. The van der Waals surface area contributed by atoms with E-state index in [0.29, 0.717) is 25.9 Å². The van der Waals surface area contributed by atoms with E-state index in [-0.39, 0.29) is 11.6 Å². The number of hydrogen-bond donors (Lipinski definition) is 1. The highest BCUT2D eigenvalue weighted by Gasteiger charge is 2.20. The summed E-state index contributed by atoms with van der Waals surface area (Å²) >= 11 is 0. The second kappa shape index (κ2) is 20.0. The normalized spacial score (nSPS) is 12.5. The van der Waals surface area contributed by atoms with Crippen molar-refractivity contribution in [2.24, 2.45) is 11.7 Å². The Morgan fingerprint density at radius 2 is 1.36 bits per heavy atom. The van der Waals surface area contributed by atoms with Gasteiger partial charge in [0.2, 0.25) is 5.91 Å². The predicted molar refractivity (Wildman–Crippen MR) is 160 cm³/mol. The molecule has 0 fully saturated rings. The summed E-state index contributed by atoms with van der Waals surface area (Å²) in [6.45, 7) is 13.2. The zero-order valence-electron chi connectivity index (χ0n) is 25.1. The number of halogens is 1. The minimum Gasteiger partial charge on any atom is -0.494 e. The number of unbranched alkanes of at least 4 members (excludes halogenated alkanes) is 3. The molecule has 2 unspecified atom stereocenters. The smallest absolute Gasteiger partial charge is 0.227 e. The van der Waals surface area contributed by atoms with Crippen LogP contribution in [0.4, 0.5) is 4.39 Å². The Labute approximate surface area is 235 Å². The quantitative estimate of drug-likeness (QED) is 0.139. The van der Waals surface area contributed by atoms with Crippen molar-refractivity contribution >= 4 is 17.5 Å². The van der Waals surface area contributed by atoms with Crippen molar-refractivity contribution in [2.75, 3.05) is 6.61 Å². The molecule has 0 heterocycles. The van der Waals surface area contributed by atoms with E-state index >= 15 is 0 Å². The van der Waals surface area contributed by atoms with Crippen LogP contribution in [0.1, 0.15) is 110 Å². The number of rotatable bonds is 15. The number of Topliss-reactive ketones (excluding diaryl/α,β-unsaturated/α-hetero) is 2. The minimum absolute atomic E-state index is 0.0787. The third kappa shape index (κ3) is 15.2. The third-order valence-electron chi connectivity index (χ3n) is 6.35. The second-order valence-electron chi connectivity index (χ2n) is 9.81. The molecule has 0 radical (unpaired) electrons. The van der Waals surface area contributed by atoms with Gasteiger partial charge < -0.3 is 10.5 Å². The molecular weight excluding hydrogens is 493 g/mol. The molecule has 0 saturated carbocycles. The fourth-order valence-corrected chi connectivity index (χ4v) is 4.12. The Morgan fingerprint density at radius 1 is 0.846 bits per heavy atom. The first-order valence-corrected chi connectivity index (χ1v) is 14.3. The van der Waals surface area contributed by atoms with Crippen LogP contribution in [-0.2, 0) is 9.59 Å². The van der Waals surface area contributed by atoms with E-state index in [4.69, 9.17) is 10.5 Å². The molecule has 0 aliphatic heterocycles. The van der Waals surface area contributed by atoms with Gasteiger partial charge in [-0.25, -0.2) is 4.39 Å². The Balaban J connectivity index is 0.00000111. The van der Waals surface area contributed by atoms with Gasteiger partial charge in [-0.1, -0.05) is 89.8 Å². The second-order valence-corrected chi connectivity index (χ2v) is 9.81. The maximum Gasteiger partial charge on any atom is 0.227 e. The van der Waals surface area contributed by atoms with Crippen molar-refractivity contribution in [1.29, 1.82) is 0 Å². The number of benzene rings is 2. The molecular formula is C33H50FNO4. The molecule has 2 rings (SSSR count). The molecule has 6 heteroatoms. The van der Waals surface area contributed by atoms with E-state index in [1.807, 2.05) is 69.3 Å². The van der Waals surface area contributed by atoms with E-state index in [0.717, 1.165) is 54.5 Å². The van der Waals surface area contributed by atoms with Crippen LogP contribution in [0, 0.1) is 5.92 Å². The van der Waals surface area contributed by atoms with Gasteiger partial charge in [-0.3, -0.25) is 14.4 Å². The summed E-state index contributed by atoms with van der Waals surface area (Å²) in [5, 5.41) is 0. The van der Waals surface area contributed by atoms with Crippen LogP contribution in [0.2, 0.25) is 0 Å². The number of carbonyl (C=O) groups is 3. The van der Waals surface area contributed by atoms with Crippen LogP contribution in [0.5, 0.6) is 5.75 Å². The van der Waals surface area contributed by atoms with E-state index in [2.05, 4.69) is 0 Å². The van der Waals surface area contributed by atoms with Crippen molar-refractivity contribution in [3.05, 3.63) is 54.1 Å². The Hall–Kier alpha value is -3.02. The SMILES string of the molecule is CC.CCC(C(C)=O)C(N)=O.CCCC(C)(F)CCCCCCOc1ccc(-c2ccc(C(C)=O)cc2)cc1. The number of nitrogens with two attached hydrogens (primary N) is 1. The van der Waals surface area contributed by atoms with E-state index in [9.17, 15) is 18.8 Å². The highest BCUT2D eigenvalue weighted by atomic mass is 19.1. The summed E-state index contributed by atoms with van der Waals surface area (Å²) in [5.74, 6) is -0.307. The Morgan fingerprint density at radius 3 is 1.77 bits per heavy atom. The number of ether oxygens (including phenoxy) is 1. The molecule has 0 aliphatic rings. The Bertz CT molecular complexity index is 954. The molecule has 218 valence electrons. The van der Waals surface area contributed by atoms with Crippen LogP contribution in [0.3, 0.4) is 0 Å². The standard InChI is InChI=1S/C25H33FO2.C6H11NO2.C2H6/c1-4-17-25(3,26)18-7-5-6-8-19-28-24-15-13-23(14-16-24)22-11-9-21(10-12-22)20(2)27;1-3-5(4(2)8)6(7)9;1-2/h9-16H,4-8,17-19H2,1-3H3;5H,3H2,1-2H3,(H2,7,9);1-2H3. The minimum atomic E-state index is -1.00. The molecule has 0 spiro atoms. The van der Waals surface area contributed by atoms with Crippen LogP contribution >= 0.6 is 0 Å². The first kappa shape index (κ1) is 36.0. The summed E-state index contributed by atoms with van der Waals surface area (Å²) in [6.07, 6.45) is 6.80. The van der Waals surface area contributed by atoms with Gasteiger partial charge >= 0.3 is 0 Å². The van der Waals surface area contributed by atoms with Gasteiger partial charge in [0, 0.05) is 5.56 Å². The number of primary amides is 1. The fraction of sp³-hybridized carbons (Fsp3) is 0.545. The molecule has 39 heavy (non-hydrogen) atoms. The summed E-state index contributed by atoms with van der Waals surface area (Å²) in [5.41, 5.74) is 6.80. The van der Waals surface area contributed by atoms with Crippen molar-refractivity contribution in [2.45, 2.75) is 106 Å². The van der Waals surface area contributed by atoms with Crippen molar-refractivity contribution in [3.63, 3.8) is 0 Å². The van der Waals surface area contributed by atoms with Gasteiger partial charge in [-0.05, 0) is 69.7 Å². The van der Waals surface area contributed by atoms with Gasteiger partial charge in [0.25, 0.3) is 0 Å². The summed E-state index contributed by atoms with van der Waals surface area (Å²) in [7, 11) is 0. The van der Waals surface area contributed by atoms with Crippen LogP contribution in [0.15, 0.2) is 48.5 Å². The van der Waals surface area contributed by atoms with Crippen LogP contribution in [-0.4, -0.2) is 29.7 Å². The fourth-order valence-electron chi connectivity index (χ4n) is 4.12. The highest BCUT2D eigenvalue weighted by molar-refractivity contribution is 5.99. The third-order valence-corrected chi connectivity index (χ3v) is 6.35. The molecule has 0 aromatic heterocycles. The Kier molecular flexibility index (Phi) is 18.4. The first-order chi connectivity index (χ1) is 18.5. The lowest BCUT2D eigenvalue weighted by atomic mass is 9.95. The van der Waals surface area contributed by atoms with Crippen molar-refractivity contribution in [1.82, 2.24) is 0 Å². The van der Waals surface area contributed by atoms with Gasteiger partial charge in [-0.15, -0.1) is 0 Å². The lowest BCUT2D eigenvalue weighted by Crippen LogP contribution is -2.27. The average Bonchev–Trinajstić information content (AvgIpc) is 2.90. The molecule has 0 saturated heterocycles. The first-order valence-electron chi connectivity index (χ1n) is 14.3. The number of alkyl halides is 1. The maximum atomic E-state index is 14.1. The van der Waals surface area contributed by atoms with Gasteiger partial charge in [0.15, 0.2) is 5.78 Å². The molecule has 2 aromatic carbocycles. The van der Waals surface area contributed by atoms with Crippen molar-refractivity contribution < 1.29 is 23.5 Å². The van der Waals surface area contributed by atoms with Crippen LogP contribution < -0.4 is 10.5 Å². The summed E-state index contributed by atoms with van der Waals surface area (Å²) in [6, 6.07) is 15.7. The zero-order chi connectivity index (χ0) is 29.8. The van der Waals surface area contributed by atoms with E-state index in [1.165, 1.54) is 6.92 Å². The van der Waals surface area contributed by atoms with E-state index in [1.54, 1.807) is 20.8 Å². The molecule has 2 aromatic rings. The molecule has 5 nitrogen and oxygen atoms in total. The van der Waals surface area contributed by atoms with Crippen molar-refractivity contribution in [3.8, 4) is 16.9 Å². The zero-order valence-corrected chi connectivity index (χ0v) is 25.1. The summed E-state index contributed by atoms with van der Waals surface area (Å²) < 4.78 is 19.9. The molecule has 0 aliphatic carbocycles. The van der Waals surface area contributed by atoms with Gasteiger partial charge in [-0.2, -0.15) is 0 Å². The van der Waals surface area contributed by atoms with Crippen LogP contribution in [0.25, 0.3) is 11.1 Å². The monoisotopic (exact) mass is 543 g/mol. The molecule has 2 N–H and O–H groups in total. The number of amides is 1. The lowest BCUT2D eigenvalue weighted by molar-refractivity contribution is -0.131. The molecule has 0 bridgehead atoms. The number of carbonyl (C=O) groups excluding carboxylic acids is 3. The lowest BCUT2D eigenvalue weighted by Gasteiger charge is -2.19.